The molecule has 0 aliphatic rings. The molecule has 0 radical (unpaired) electrons. The highest BCUT2D eigenvalue weighted by Gasteiger charge is 1.99. The van der Waals surface area contributed by atoms with Gasteiger partial charge in [-0.3, -0.25) is 0 Å². The number of alkyl carbamates (subject to hydrolysis) is 1. The van der Waals surface area contributed by atoms with Crippen molar-refractivity contribution >= 4 is 6.09 Å². The van der Waals surface area contributed by atoms with Gasteiger partial charge in [0.1, 0.15) is 0 Å². The van der Waals surface area contributed by atoms with E-state index in [1.54, 1.807) is 0 Å². The summed E-state index contributed by atoms with van der Waals surface area (Å²) in [5.41, 5.74) is 5.39. The van der Waals surface area contributed by atoms with E-state index in [1.165, 1.54) is 12.8 Å². The van der Waals surface area contributed by atoms with E-state index in [9.17, 15) is 4.79 Å². The van der Waals surface area contributed by atoms with Crippen molar-refractivity contribution in [2.24, 2.45) is 5.73 Å². The average Bonchev–Trinajstić information content (AvgIpc) is 2.28. The van der Waals surface area contributed by atoms with Crippen LogP contribution in [0.3, 0.4) is 0 Å². The summed E-state index contributed by atoms with van der Waals surface area (Å²) in [5.74, 6) is 0. The first-order chi connectivity index (χ1) is 7.81. The summed E-state index contributed by atoms with van der Waals surface area (Å²) >= 11 is 0. The van der Waals surface area contributed by atoms with Gasteiger partial charge in [0.15, 0.2) is 0 Å². The number of rotatable bonds is 10. The molecule has 0 aromatic heterocycles. The normalized spacial score (nSPS) is 10.1. The minimum Gasteiger partial charge on any atom is -0.450 e. The van der Waals surface area contributed by atoms with Crippen molar-refractivity contribution in [3.8, 4) is 0 Å². The Morgan fingerprint density at radius 2 is 1.81 bits per heavy atom. The molecular weight excluding hydrogens is 204 g/mol. The Bertz CT molecular complexity index is 163. The minimum atomic E-state index is -0.282. The summed E-state index contributed by atoms with van der Waals surface area (Å²) < 4.78 is 4.96. The predicted molar refractivity (Wildman–Crippen MR) is 66.4 cm³/mol. The molecule has 0 spiro atoms. The molecule has 16 heavy (non-hydrogen) atoms. The third kappa shape index (κ3) is 11.3. The Balaban J connectivity index is 3.09. The monoisotopic (exact) mass is 230 g/mol. The van der Waals surface area contributed by atoms with Gasteiger partial charge < -0.3 is 15.8 Å². The Hall–Kier alpha value is -0.770. The lowest BCUT2D eigenvalue weighted by atomic mass is 10.1. The first-order valence-corrected chi connectivity index (χ1v) is 6.42. The lowest BCUT2D eigenvalue weighted by molar-refractivity contribution is 0.144. The van der Waals surface area contributed by atoms with Crippen LogP contribution in [0.15, 0.2) is 0 Å². The van der Waals surface area contributed by atoms with Crippen molar-refractivity contribution < 1.29 is 9.53 Å². The van der Waals surface area contributed by atoms with Gasteiger partial charge in [-0.1, -0.05) is 32.6 Å². The van der Waals surface area contributed by atoms with Crippen molar-refractivity contribution in [1.82, 2.24) is 5.32 Å². The third-order valence-electron chi connectivity index (χ3n) is 2.38. The second kappa shape index (κ2) is 12.3. The number of carbonyl (C=O) groups excluding carboxylic acids is 1. The topological polar surface area (TPSA) is 64.3 Å². The maximum atomic E-state index is 11.1. The fourth-order valence-electron chi connectivity index (χ4n) is 1.35. The van der Waals surface area contributed by atoms with Crippen molar-refractivity contribution in [1.29, 1.82) is 0 Å². The SMILES string of the molecule is CCCCOC(=O)NCCCCCCCN. The molecule has 0 rings (SSSR count). The van der Waals surface area contributed by atoms with Crippen molar-refractivity contribution in [2.75, 3.05) is 19.7 Å². The van der Waals surface area contributed by atoms with Gasteiger partial charge in [-0.2, -0.15) is 0 Å². The molecule has 3 N–H and O–H groups in total. The summed E-state index contributed by atoms with van der Waals surface area (Å²) in [6.07, 6.45) is 7.37. The highest BCUT2D eigenvalue weighted by Crippen LogP contribution is 2.01. The van der Waals surface area contributed by atoms with Crippen molar-refractivity contribution in [3.63, 3.8) is 0 Å². The molecule has 1 amide bonds. The van der Waals surface area contributed by atoms with E-state index in [0.717, 1.165) is 38.6 Å². The Kier molecular flexibility index (Phi) is 11.7. The number of nitrogens with one attached hydrogen (secondary N) is 1. The van der Waals surface area contributed by atoms with Gasteiger partial charge in [0, 0.05) is 6.54 Å². The van der Waals surface area contributed by atoms with E-state index in [-0.39, 0.29) is 6.09 Å². The number of nitrogens with two attached hydrogens (primary N) is 1. The number of ether oxygens (including phenoxy) is 1. The summed E-state index contributed by atoms with van der Waals surface area (Å²) in [5, 5.41) is 2.75. The summed E-state index contributed by atoms with van der Waals surface area (Å²) in [7, 11) is 0. The van der Waals surface area contributed by atoms with E-state index >= 15 is 0 Å². The molecule has 0 aliphatic heterocycles. The van der Waals surface area contributed by atoms with E-state index in [4.69, 9.17) is 10.5 Å². The van der Waals surface area contributed by atoms with E-state index < -0.39 is 0 Å². The summed E-state index contributed by atoms with van der Waals surface area (Å²) in [6, 6.07) is 0. The van der Waals surface area contributed by atoms with E-state index in [1.807, 2.05) is 0 Å². The zero-order valence-electron chi connectivity index (χ0n) is 10.5. The molecule has 0 bridgehead atoms. The fraction of sp³-hybridized carbons (Fsp3) is 0.917. The summed E-state index contributed by atoms with van der Waals surface area (Å²) in [4.78, 5) is 11.1. The maximum Gasteiger partial charge on any atom is 0.407 e. The zero-order valence-corrected chi connectivity index (χ0v) is 10.5. The largest absolute Gasteiger partial charge is 0.450 e. The smallest absolute Gasteiger partial charge is 0.407 e. The number of unbranched alkanes of at least 4 members (excludes halogenated alkanes) is 5. The minimum absolute atomic E-state index is 0.282. The van der Waals surface area contributed by atoms with Crippen LogP contribution in [-0.2, 0) is 4.74 Å². The first-order valence-electron chi connectivity index (χ1n) is 6.42. The molecular formula is C12H26N2O2. The molecule has 0 aromatic carbocycles. The number of hydrogen-bond donors (Lipinski definition) is 2. The molecule has 0 atom stereocenters. The maximum absolute atomic E-state index is 11.1. The van der Waals surface area contributed by atoms with Crippen LogP contribution in [0.25, 0.3) is 0 Å². The molecule has 0 aromatic rings. The third-order valence-corrected chi connectivity index (χ3v) is 2.38. The van der Waals surface area contributed by atoms with Crippen LogP contribution in [0, 0.1) is 0 Å². The van der Waals surface area contributed by atoms with Gasteiger partial charge in [-0.25, -0.2) is 4.79 Å². The Labute approximate surface area is 98.9 Å². The zero-order chi connectivity index (χ0) is 12.1. The van der Waals surface area contributed by atoms with Gasteiger partial charge >= 0.3 is 6.09 Å². The molecule has 0 saturated heterocycles. The molecule has 4 heteroatoms. The average molecular weight is 230 g/mol. The second-order valence-corrected chi connectivity index (χ2v) is 3.97. The highest BCUT2D eigenvalue weighted by atomic mass is 16.5. The van der Waals surface area contributed by atoms with Crippen LogP contribution < -0.4 is 11.1 Å². The van der Waals surface area contributed by atoms with Crippen LogP contribution in [0.4, 0.5) is 4.79 Å². The molecule has 0 heterocycles. The molecule has 0 saturated carbocycles. The lowest BCUT2D eigenvalue weighted by Gasteiger charge is -2.06. The van der Waals surface area contributed by atoms with Crippen LogP contribution in [0.1, 0.15) is 51.9 Å². The van der Waals surface area contributed by atoms with Crippen LogP contribution in [0.2, 0.25) is 0 Å². The van der Waals surface area contributed by atoms with Gasteiger partial charge in [-0.05, 0) is 25.8 Å². The second-order valence-electron chi connectivity index (χ2n) is 3.97. The standard InChI is InChI=1S/C12H26N2O2/c1-2-3-11-16-12(15)14-10-8-6-4-5-7-9-13/h2-11,13H2,1H3,(H,14,15). The predicted octanol–water partition coefficient (Wildman–Crippen LogP) is 2.42. The van der Waals surface area contributed by atoms with E-state index in [2.05, 4.69) is 12.2 Å². The lowest BCUT2D eigenvalue weighted by Crippen LogP contribution is -2.25. The van der Waals surface area contributed by atoms with Crippen molar-refractivity contribution in [2.45, 2.75) is 51.9 Å². The number of carbonyl (C=O) groups is 1. The fourth-order valence-corrected chi connectivity index (χ4v) is 1.35. The first kappa shape index (κ1) is 15.2. The quantitative estimate of drug-likeness (QED) is 0.566. The number of amides is 1. The Morgan fingerprint density at radius 3 is 2.50 bits per heavy atom. The van der Waals surface area contributed by atoms with Crippen LogP contribution in [-0.4, -0.2) is 25.8 Å². The van der Waals surface area contributed by atoms with Gasteiger partial charge in [0.25, 0.3) is 0 Å². The molecule has 0 unspecified atom stereocenters. The van der Waals surface area contributed by atoms with Gasteiger partial charge in [0.05, 0.1) is 6.61 Å². The van der Waals surface area contributed by atoms with Gasteiger partial charge in [-0.15, -0.1) is 0 Å². The number of hydrogen-bond acceptors (Lipinski definition) is 3. The van der Waals surface area contributed by atoms with Crippen LogP contribution >= 0.6 is 0 Å². The molecule has 0 fully saturated rings. The summed E-state index contributed by atoms with van der Waals surface area (Å²) in [6.45, 7) is 4.09. The molecule has 96 valence electrons. The highest BCUT2D eigenvalue weighted by molar-refractivity contribution is 5.66. The van der Waals surface area contributed by atoms with E-state index in [0.29, 0.717) is 13.2 Å². The molecule has 4 nitrogen and oxygen atoms in total. The van der Waals surface area contributed by atoms with Gasteiger partial charge in [0.2, 0.25) is 0 Å². The van der Waals surface area contributed by atoms with Crippen LogP contribution in [0.5, 0.6) is 0 Å². The van der Waals surface area contributed by atoms with Crippen molar-refractivity contribution in [3.05, 3.63) is 0 Å². The molecule has 0 aliphatic carbocycles. The Morgan fingerprint density at radius 1 is 1.12 bits per heavy atom.